The first-order valence-corrected chi connectivity index (χ1v) is 7.14. The molecule has 2 rings (SSSR count). The minimum Gasteiger partial charge on any atom is -0.305 e. The number of halogens is 3. The van der Waals surface area contributed by atoms with E-state index in [1.807, 2.05) is 6.92 Å². The maximum Gasteiger partial charge on any atom is 0.157 e. The Hall–Kier alpha value is -0.810. The molecule has 1 atom stereocenters. The van der Waals surface area contributed by atoms with E-state index in [4.69, 9.17) is 0 Å². The summed E-state index contributed by atoms with van der Waals surface area (Å²) in [4.78, 5) is 12.3. The smallest absolute Gasteiger partial charge is 0.157 e. The van der Waals surface area contributed by atoms with Gasteiger partial charge in [0.15, 0.2) is 5.78 Å². The van der Waals surface area contributed by atoms with Crippen molar-refractivity contribution in [1.82, 2.24) is 5.32 Å². The van der Waals surface area contributed by atoms with Gasteiger partial charge < -0.3 is 5.32 Å². The number of piperidine rings is 1. The van der Waals surface area contributed by atoms with Gasteiger partial charge in [0.1, 0.15) is 11.6 Å². The molecule has 1 N–H and O–H groups in total. The van der Waals surface area contributed by atoms with E-state index < -0.39 is 17.2 Å². The Kier molecular flexibility index (Phi) is 4.36. The van der Waals surface area contributed by atoms with E-state index in [2.05, 4.69) is 21.2 Å². The molecule has 1 heterocycles. The van der Waals surface area contributed by atoms with Crippen LogP contribution < -0.4 is 5.32 Å². The molecule has 5 heteroatoms. The molecule has 104 valence electrons. The van der Waals surface area contributed by atoms with Gasteiger partial charge in [-0.15, -0.1) is 0 Å². The first-order valence-electron chi connectivity index (χ1n) is 6.35. The third-order valence-corrected chi connectivity index (χ3v) is 4.32. The molecule has 0 bridgehead atoms. The van der Waals surface area contributed by atoms with Crippen LogP contribution in [0.15, 0.2) is 16.6 Å². The SMILES string of the molecule is CC1(C(=O)Cc2c(F)ccc(Br)c2F)CCCCN1. The van der Waals surface area contributed by atoms with Crippen LogP contribution in [0, 0.1) is 11.6 Å². The van der Waals surface area contributed by atoms with Crippen LogP contribution in [0.4, 0.5) is 8.78 Å². The first-order chi connectivity index (χ1) is 8.94. The minimum absolute atomic E-state index is 0.159. The Balaban J connectivity index is 2.21. The summed E-state index contributed by atoms with van der Waals surface area (Å²) in [6.07, 6.45) is 2.48. The molecule has 2 nitrogen and oxygen atoms in total. The van der Waals surface area contributed by atoms with Crippen molar-refractivity contribution in [3.63, 3.8) is 0 Å². The molecule has 0 aromatic heterocycles. The van der Waals surface area contributed by atoms with Crippen LogP contribution in [0.3, 0.4) is 0 Å². The maximum atomic E-state index is 13.9. The van der Waals surface area contributed by atoms with Crippen molar-refractivity contribution < 1.29 is 13.6 Å². The summed E-state index contributed by atoms with van der Waals surface area (Å²) < 4.78 is 27.7. The highest BCUT2D eigenvalue weighted by molar-refractivity contribution is 9.10. The van der Waals surface area contributed by atoms with Crippen molar-refractivity contribution in [2.45, 2.75) is 38.1 Å². The fourth-order valence-electron chi connectivity index (χ4n) is 2.38. The van der Waals surface area contributed by atoms with Crippen LogP contribution in [0.25, 0.3) is 0 Å². The molecule has 1 saturated heterocycles. The Bertz CT molecular complexity index is 498. The van der Waals surface area contributed by atoms with Crippen LogP contribution in [-0.4, -0.2) is 17.9 Å². The quantitative estimate of drug-likeness (QED) is 0.860. The number of rotatable bonds is 3. The van der Waals surface area contributed by atoms with Gasteiger partial charge in [0.2, 0.25) is 0 Å². The van der Waals surface area contributed by atoms with Crippen LogP contribution in [-0.2, 0) is 11.2 Å². The Labute approximate surface area is 119 Å². The molecule has 1 fully saturated rings. The highest BCUT2D eigenvalue weighted by Gasteiger charge is 2.34. The maximum absolute atomic E-state index is 13.9. The fraction of sp³-hybridized carbons (Fsp3) is 0.500. The molecular weight excluding hydrogens is 316 g/mol. The zero-order valence-electron chi connectivity index (χ0n) is 10.7. The van der Waals surface area contributed by atoms with E-state index in [0.717, 1.165) is 19.4 Å². The van der Waals surface area contributed by atoms with E-state index in [1.165, 1.54) is 12.1 Å². The predicted octanol–water partition coefficient (Wildman–Crippen LogP) is 3.37. The predicted molar refractivity (Wildman–Crippen MR) is 73.0 cm³/mol. The third-order valence-electron chi connectivity index (χ3n) is 3.71. The van der Waals surface area contributed by atoms with Gasteiger partial charge in [0.25, 0.3) is 0 Å². The first kappa shape index (κ1) is 14.6. The second kappa shape index (κ2) is 5.67. The number of Topliss-reactive ketones (excluding diaryl/α,β-unsaturated/α-hetero) is 1. The van der Waals surface area contributed by atoms with Crippen LogP contribution in [0.1, 0.15) is 31.7 Å². The molecule has 0 radical (unpaired) electrons. The number of nitrogens with one attached hydrogen (secondary N) is 1. The zero-order chi connectivity index (χ0) is 14.0. The van der Waals surface area contributed by atoms with Crippen LogP contribution in [0.2, 0.25) is 0 Å². The van der Waals surface area contributed by atoms with Gasteiger partial charge >= 0.3 is 0 Å². The average molecular weight is 332 g/mol. The van der Waals surface area contributed by atoms with E-state index >= 15 is 0 Å². The van der Waals surface area contributed by atoms with Crippen molar-refractivity contribution >= 4 is 21.7 Å². The van der Waals surface area contributed by atoms with Crippen molar-refractivity contribution in [3.8, 4) is 0 Å². The lowest BCUT2D eigenvalue weighted by molar-refractivity contribution is -0.125. The summed E-state index contributed by atoms with van der Waals surface area (Å²) in [5, 5.41) is 3.16. The van der Waals surface area contributed by atoms with Crippen molar-refractivity contribution in [2.75, 3.05) is 6.54 Å². The van der Waals surface area contributed by atoms with Gasteiger partial charge in [-0.1, -0.05) is 0 Å². The summed E-state index contributed by atoms with van der Waals surface area (Å²) in [5.41, 5.74) is -0.826. The van der Waals surface area contributed by atoms with E-state index in [-0.39, 0.29) is 22.2 Å². The zero-order valence-corrected chi connectivity index (χ0v) is 12.3. The van der Waals surface area contributed by atoms with Crippen LogP contribution in [0.5, 0.6) is 0 Å². The topological polar surface area (TPSA) is 29.1 Å². The third kappa shape index (κ3) is 3.03. The fourth-order valence-corrected chi connectivity index (χ4v) is 2.75. The van der Waals surface area contributed by atoms with Crippen LogP contribution >= 0.6 is 15.9 Å². The summed E-state index contributed by atoms with van der Waals surface area (Å²) in [6.45, 7) is 2.58. The Morgan fingerprint density at radius 2 is 2.16 bits per heavy atom. The average Bonchev–Trinajstić information content (AvgIpc) is 2.40. The van der Waals surface area contributed by atoms with Gasteiger partial charge in [-0.2, -0.15) is 0 Å². The minimum atomic E-state index is -0.687. The molecule has 1 aromatic rings. The van der Waals surface area contributed by atoms with Gasteiger partial charge in [0, 0.05) is 12.0 Å². The lowest BCUT2D eigenvalue weighted by Gasteiger charge is -2.33. The summed E-state index contributed by atoms with van der Waals surface area (Å²) in [6, 6.07) is 2.48. The summed E-state index contributed by atoms with van der Waals surface area (Å²) >= 11 is 3.01. The van der Waals surface area contributed by atoms with Gasteiger partial charge in [-0.25, -0.2) is 8.78 Å². The largest absolute Gasteiger partial charge is 0.305 e. The van der Waals surface area contributed by atoms with E-state index in [0.29, 0.717) is 6.42 Å². The molecule has 1 aliphatic heterocycles. The highest BCUT2D eigenvalue weighted by atomic mass is 79.9. The molecule has 1 aliphatic rings. The van der Waals surface area contributed by atoms with E-state index in [1.54, 1.807) is 0 Å². The number of ketones is 1. The monoisotopic (exact) mass is 331 g/mol. The molecule has 0 aliphatic carbocycles. The Morgan fingerprint density at radius 1 is 1.42 bits per heavy atom. The molecule has 0 saturated carbocycles. The van der Waals surface area contributed by atoms with E-state index in [9.17, 15) is 13.6 Å². The van der Waals surface area contributed by atoms with Crippen molar-refractivity contribution in [1.29, 1.82) is 0 Å². The Morgan fingerprint density at radius 3 is 2.79 bits per heavy atom. The molecule has 0 amide bonds. The standard InChI is InChI=1S/C14H16BrF2NO/c1-14(6-2-3-7-18-14)12(19)8-9-11(16)5-4-10(15)13(9)17/h4-5,18H,2-3,6-8H2,1H3. The van der Waals surface area contributed by atoms with Gasteiger partial charge in [0.05, 0.1) is 10.0 Å². The summed E-state index contributed by atoms with van der Waals surface area (Å²) in [5.74, 6) is -1.52. The number of carbonyl (C=O) groups excluding carboxylic acids is 1. The van der Waals surface area contributed by atoms with Crippen molar-refractivity contribution in [2.24, 2.45) is 0 Å². The highest BCUT2D eigenvalue weighted by Crippen LogP contribution is 2.26. The second-order valence-corrected chi connectivity index (χ2v) is 5.99. The molecule has 1 aromatic carbocycles. The number of hydrogen-bond acceptors (Lipinski definition) is 2. The molecule has 1 unspecified atom stereocenters. The van der Waals surface area contributed by atoms with Crippen molar-refractivity contribution in [3.05, 3.63) is 33.8 Å². The molecule has 19 heavy (non-hydrogen) atoms. The lowest BCUT2D eigenvalue weighted by atomic mass is 9.84. The molecule has 0 spiro atoms. The normalized spacial score (nSPS) is 23.4. The number of benzene rings is 1. The van der Waals surface area contributed by atoms with Gasteiger partial charge in [-0.3, -0.25) is 4.79 Å². The second-order valence-electron chi connectivity index (χ2n) is 5.14. The lowest BCUT2D eigenvalue weighted by Crippen LogP contribution is -2.52. The number of carbonyl (C=O) groups is 1. The summed E-state index contributed by atoms with van der Waals surface area (Å²) in [7, 11) is 0. The van der Waals surface area contributed by atoms with Gasteiger partial charge in [-0.05, 0) is 60.8 Å². The molecular formula is C14H16BrF2NO. The number of hydrogen-bond donors (Lipinski definition) is 1.